The highest BCUT2D eigenvalue weighted by molar-refractivity contribution is 7.20. The SMILES string of the molecule is COc1cc2cc(C(=O)NCC(=O)O)sc2cc1OC. The number of fused-ring (bicyclic) bond motifs is 1. The van der Waals surface area contributed by atoms with Gasteiger partial charge in [0.05, 0.1) is 19.1 Å². The number of carboxylic acid groups (broad SMARTS) is 1. The van der Waals surface area contributed by atoms with Crippen LogP contribution in [0.25, 0.3) is 10.1 Å². The predicted octanol–water partition coefficient (Wildman–Crippen LogP) is 1.73. The third-order valence-corrected chi connectivity index (χ3v) is 3.74. The summed E-state index contributed by atoms with van der Waals surface area (Å²) in [7, 11) is 3.08. The molecule has 2 N–H and O–H groups in total. The van der Waals surface area contributed by atoms with Crippen molar-refractivity contribution in [1.82, 2.24) is 5.32 Å². The molecule has 0 radical (unpaired) electrons. The molecule has 0 aliphatic carbocycles. The number of hydrogen-bond acceptors (Lipinski definition) is 5. The number of aliphatic carboxylic acids is 1. The van der Waals surface area contributed by atoms with Crippen molar-refractivity contribution in [1.29, 1.82) is 0 Å². The lowest BCUT2D eigenvalue weighted by molar-refractivity contribution is -0.135. The summed E-state index contributed by atoms with van der Waals surface area (Å²) in [6, 6.07) is 5.25. The minimum atomic E-state index is -1.08. The van der Waals surface area contributed by atoms with Crippen molar-refractivity contribution < 1.29 is 24.2 Å². The van der Waals surface area contributed by atoms with Crippen molar-refractivity contribution in [3.8, 4) is 11.5 Å². The van der Waals surface area contributed by atoms with Gasteiger partial charge in [-0.05, 0) is 17.5 Å². The van der Waals surface area contributed by atoms with Crippen molar-refractivity contribution in [2.45, 2.75) is 0 Å². The van der Waals surface area contributed by atoms with Gasteiger partial charge in [0, 0.05) is 10.8 Å². The zero-order chi connectivity index (χ0) is 14.7. The Labute approximate surface area is 118 Å². The van der Waals surface area contributed by atoms with Crippen LogP contribution in [0, 0.1) is 0 Å². The van der Waals surface area contributed by atoms with E-state index in [-0.39, 0.29) is 0 Å². The largest absolute Gasteiger partial charge is 0.493 e. The highest BCUT2D eigenvalue weighted by Gasteiger charge is 2.14. The van der Waals surface area contributed by atoms with E-state index < -0.39 is 18.4 Å². The Balaban J connectivity index is 2.33. The third-order valence-electron chi connectivity index (χ3n) is 2.65. The van der Waals surface area contributed by atoms with E-state index in [0.29, 0.717) is 16.4 Å². The highest BCUT2D eigenvalue weighted by atomic mass is 32.1. The molecular weight excluding hydrogens is 282 g/mol. The van der Waals surface area contributed by atoms with Crippen LogP contribution in [0.2, 0.25) is 0 Å². The molecule has 0 saturated carbocycles. The lowest BCUT2D eigenvalue weighted by atomic mass is 10.2. The molecule has 0 spiro atoms. The molecule has 1 heterocycles. The minimum absolute atomic E-state index is 0.403. The predicted molar refractivity (Wildman–Crippen MR) is 74.9 cm³/mol. The maximum absolute atomic E-state index is 11.8. The highest BCUT2D eigenvalue weighted by Crippen LogP contribution is 2.36. The summed E-state index contributed by atoms with van der Waals surface area (Å²) in [4.78, 5) is 22.7. The van der Waals surface area contributed by atoms with E-state index in [1.807, 2.05) is 0 Å². The summed E-state index contributed by atoms with van der Waals surface area (Å²) in [5.41, 5.74) is 0. The Bertz CT molecular complexity index is 623. The van der Waals surface area contributed by atoms with Crippen LogP contribution in [-0.4, -0.2) is 37.7 Å². The monoisotopic (exact) mass is 295 g/mol. The molecule has 0 bridgehead atoms. The third kappa shape index (κ3) is 2.83. The van der Waals surface area contributed by atoms with E-state index in [9.17, 15) is 9.59 Å². The molecule has 7 heteroatoms. The second kappa shape index (κ2) is 5.79. The molecule has 0 fully saturated rings. The maximum atomic E-state index is 11.8. The van der Waals surface area contributed by atoms with Crippen LogP contribution in [0.1, 0.15) is 9.67 Å². The number of nitrogens with one attached hydrogen (secondary N) is 1. The Kier molecular flexibility index (Phi) is 4.09. The molecule has 1 amide bonds. The quantitative estimate of drug-likeness (QED) is 0.877. The summed E-state index contributed by atoms with van der Waals surface area (Å²) in [5.74, 6) is -0.330. The van der Waals surface area contributed by atoms with Gasteiger partial charge in [0.2, 0.25) is 0 Å². The molecule has 106 valence electrons. The van der Waals surface area contributed by atoms with E-state index >= 15 is 0 Å². The number of thiophene rings is 1. The van der Waals surface area contributed by atoms with Gasteiger partial charge in [0.15, 0.2) is 11.5 Å². The van der Waals surface area contributed by atoms with Crippen LogP contribution in [0.3, 0.4) is 0 Å². The Morgan fingerprint density at radius 1 is 1.20 bits per heavy atom. The molecule has 0 aliphatic heterocycles. The van der Waals surface area contributed by atoms with E-state index in [1.165, 1.54) is 25.6 Å². The summed E-state index contributed by atoms with van der Waals surface area (Å²) < 4.78 is 11.3. The van der Waals surface area contributed by atoms with E-state index in [2.05, 4.69) is 5.32 Å². The van der Waals surface area contributed by atoms with Crippen molar-refractivity contribution in [3.63, 3.8) is 0 Å². The Morgan fingerprint density at radius 3 is 2.45 bits per heavy atom. The molecule has 2 rings (SSSR count). The van der Waals surface area contributed by atoms with Gasteiger partial charge < -0.3 is 19.9 Å². The summed E-state index contributed by atoms with van der Waals surface area (Å²) in [5, 5.41) is 11.7. The first kappa shape index (κ1) is 14.1. The lowest BCUT2D eigenvalue weighted by Crippen LogP contribution is -2.28. The van der Waals surface area contributed by atoms with Gasteiger partial charge in [-0.3, -0.25) is 9.59 Å². The normalized spacial score (nSPS) is 10.3. The number of methoxy groups -OCH3 is 2. The summed E-state index contributed by atoms with van der Waals surface area (Å²) in [6.07, 6.45) is 0. The second-order valence-electron chi connectivity index (χ2n) is 3.93. The van der Waals surface area contributed by atoms with Crippen LogP contribution in [-0.2, 0) is 4.79 Å². The fraction of sp³-hybridized carbons (Fsp3) is 0.231. The molecular formula is C13H13NO5S. The second-order valence-corrected chi connectivity index (χ2v) is 5.02. The van der Waals surface area contributed by atoms with Crippen molar-refractivity contribution >= 4 is 33.3 Å². The summed E-state index contributed by atoms with van der Waals surface area (Å²) in [6.45, 7) is -0.403. The van der Waals surface area contributed by atoms with Crippen molar-refractivity contribution in [2.24, 2.45) is 0 Å². The van der Waals surface area contributed by atoms with Crippen molar-refractivity contribution in [3.05, 3.63) is 23.1 Å². The first-order valence-corrected chi connectivity index (χ1v) is 6.52. The Morgan fingerprint density at radius 2 is 1.85 bits per heavy atom. The van der Waals surface area contributed by atoms with E-state index in [1.54, 1.807) is 18.2 Å². The zero-order valence-electron chi connectivity index (χ0n) is 10.9. The topological polar surface area (TPSA) is 84.9 Å². The number of carbonyl (C=O) groups is 2. The van der Waals surface area contributed by atoms with Gasteiger partial charge >= 0.3 is 5.97 Å². The van der Waals surface area contributed by atoms with Crippen LogP contribution >= 0.6 is 11.3 Å². The molecule has 0 saturated heterocycles. The first-order chi connectivity index (χ1) is 9.55. The Hall–Kier alpha value is -2.28. The number of carboxylic acids is 1. The molecule has 0 aliphatic rings. The van der Waals surface area contributed by atoms with Gasteiger partial charge in [0.25, 0.3) is 5.91 Å². The van der Waals surface area contributed by atoms with Crippen molar-refractivity contribution in [2.75, 3.05) is 20.8 Å². The number of benzene rings is 1. The summed E-state index contributed by atoms with van der Waals surface area (Å²) >= 11 is 1.27. The fourth-order valence-electron chi connectivity index (χ4n) is 1.72. The number of amides is 1. The molecule has 0 atom stereocenters. The van der Waals surface area contributed by atoms with Gasteiger partial charge in [0.1, 0.15) is 6.54 Å². The minimum Gasteiger partial charge on any atom is -0.493 e. The smallest absolute Gasteiger partial charge is 0.322 e. The van der Waals surface area contributed by atoms with E-state index in [0.717, 1.165) is 10.1 Å². The zero-order valence-corrected chi connectivity index (χ0v) is 11.7. The maximum Gasteiger partial charge on any atom is 0.322 e. The number of carbonyl (C=O) groups excluding carboxylic acids is 1. The molecule has 0 unspecified atom stereocenters. The standard InChI is InChI=1S/C13H13NO5S/c1-18-8-3-7-4-11(13(17)14-6-12(15)16)20-10(7)5-9(8)19-2/h3-5H,6H2,1-2H3,(H,14,17)(H,15,16). The van der Waals surface area contributed by atoms with Gasteiger partial charge in [-0.15, -0.1) is 11.3 Å². The number of ether oxygens (including phenoxy) is 2. The van der Waals surface area contributed by atoms with E-state index in [4.69, 9.17) is 14.6 Å². The average Bonchev–Trinajstić information content (AvgIpc) is 2.85. The fourth-order valence-corrected chi connectivity index (χ4v) is 2.71. The van der Waals surface area contributed by atoms with Crippen LogP contribution in [0.4, 0.5) is 0 Å². The van der Waals surface area contributed by atoms with Gasteiger partial charge in [-0.1, -0.05) is 0 Å². The molecule has 6 nitrogen and oxygen atoms in total. The molecule has 2 aromatic rings. The molecule has 20 heavy (non-hydrogen) atoms. The van der Waals surface area contributed by atoms with Gasteiger partial charge in [-0.2, -0.15) is 0 Å². The molecule has 1 aromatic carbocycles. The van der Waals surface area contributed by atoms with Crippen LogP contribution < -0.4 is 14.8 Å². The lowest BCUT2D eigenvalue weighted by Gasteiger charge is -2.06. The number of rotatable bonds is 5. The molecule has 1 aromatic heterocycles. The van der Waals surface area contributed by atoms with Crippen LogP contribution in [0.5, 0.6) is 11.5 Å². The van der Waals surface area contributed by atoms with Crippen LogP contribution in [0.15, 0.2) is 18.2 Å². The average molecular weight is 295 g/mol. The number of hydrogen-bond donors (Lipinski definition) is 2. The van der Waals surface area contributed by atoms with Gasteiger partial charge in [-0.25, -0.2) is 0 Å². The first-order valence-electron chi connectivity index (χ1n) is 5.70.